The van der Waals surface area contributed by atoms with Crippen LogP contribution in [0.25, 0.3) is 5.57 Å². The van der Waals surface area contributed by atoms with E-state index in [4.69, 9.17) is 9.47 Å². The van der Waals surface area contributed by atoms with Crippen LogP contribution in [0.3, 0.4) is 0 Å². The summed E-state index contributed by atoms with van der Waals surface area (Å²) in [6.45, 7) is 3.53. The van der Waals surface area contributed by atoms with Crippen molar-refractivity contribution >= 4 is 17.3 Å². The monoisotopic (exact) mass is 442 g/mol. The van der Waals surface area contributed by atoms with Gasteiger partial charge >= 0.3 is 0 Å². The second-order valence-electron chi connectivity index (χ2n) is 8.25. The van der Waals surface area contributed by atoms with Crippen LogP contribution in [0, 0.1) is 6.92 Å². The van der Waals surface area contributed by atoms with Crippen LogP contribution in [0.4, 0.5) is 0 Å². The number of benzene rings is 2. The molecule has 5 atom stereocenters. The minimum Gasteiger partial charge on any atom is -0.387 e. The predicted octanol–water partition coefficient (Wildman–Crippen LogP) is 3.23. The summed E-state index contributed by atoms with van der Waals surface area (Å²) in [6.07, 6.45) is 1.46. The van der Waals surface area contributed by atoms with E-state index in [1.807, 2.05) is 24.5 Å². The number of aliphatic hydroxyl groups is 3. The summed E-state index contributed by atoms with van der Waals surface area (Å²) in [6, 6.07) is 14.6. The first-order valence-electron chi connectivity index (χ1n) is 10.7. The summed E-state index contributed by atoms with van der Waals surface area (Å²) < 4.78 is 11.3. The predicted molar refractivity (Wildman–Crippen MR) is 123 cm³/mol. The molecule has 2 aliphatic heterocycles. The van der Waals surface area contributed by atoms with Crippen molar-refractivity contribution in [1.82, 2.24) is 0 Å². The maximum atomic E-state index is 10.5. The molecule has 0 bridgehead atoms. The molecule has 2 aromatic rings. The molecule has 0 aliphatic carbocycles. The summed E-state index contributed by atoms with van der Waals surface area (Å²) >= 11 is 1.33. The van der Waals surface area contributed by atoms with Crippen molar-refractivity contribution < 1.29 is 24.8 Å². The van der Waals surface area contributed by atoms with Gasteiger partial charge in [-0.25, -0.2) is 0 Å². The van der Waals surface area contributed by atoms with Crippen LogP contribution < -0.4 is 0 Å². The zero-order chi connectivity index (χ0) is 22.0. The molecule has 3 N–H and O–H groups in total. The van der Waals surface area contributed by atoms with Gasteiger partial charge in [-0.05, 0) is 59.4 Å². The number of thioether (sulfide) groups is 1. The third-order valence-corrected chi connectivity index (χ3v) is 7.04. The van der Waals surface area contributed by atoms with Gasteiger partial charge in [-0.2, -0.15) is 0 Å². The average Bonchev–Trinajstić information content (AvgIpc) is 2.80. The molecular formula is C25H30O5S. The average molecular weight is 443 g/mol. The Balaban J connectivity index is 1.53. The molecule has 31 heavy (non-hydrogen) atoms. The lowest BCUT2D eigenvalue weighted by Gasteiger charge is -2.40. The van der Waals surface area contributed by atoms with E-state index in [1.165, 1.54) is 28.5 Å². The fourth-order valence-electron chi connectivity index (χ4n) is 4.22. The van der Waals surface area contributed by atoms with Crippen LogP contribution in [0.5, 0.6) is 0 Å². The molecule has 6 heteroatoms. The highest BCUT2D eigenvalue weighted by Gasteiger charge is 2.44. The van der Waals surface area contributed by atoms with Gasteiger partial charge in [0.1, 0.15) is 29.9 Å². The minimum absolute atomic E-state index is 0.583. The second-order valence-corrected chi connectivity index (χ2v) is 9.18. The number of aliphatic hydroxyl groups excluding tert-OH is 3. The van der Waals surface area contributed by atoms with Gasteiger partial charge in [0, 0.05) is 0 Å². The lowest BCUT2D eigenvalue weighted by Crippen LogP contribution is -2.52. The van der Waals surface area contributed by atoms with Crippen molar-refractivity contribution in [2.24, 2.45) is 0 Å². The number of rotatable bonds is 5. The summed E-state index contributed by atoms with van der Waals surface area (Å²) in [5.41, 5.74) is 6.32. The van der Waals surface area contributed by atoms with Gasteiger partial charge in [-0.15, -0.1) is 11.8 Å². The number of aryl methyl sites for hydroxylation is 1. The molecular weight excluding hydrogens is 412 g/mol. The highest BCUT2D eigenvalue weighted by atomic mass is 32.2. The highest BCUT2D eigenvalue weighted by molar-refractivity contribution is 7.99. The van der Waals surface area contributed by atoms with E-state index in [0.717, 1.165) is 36.1 Å². The SMILES string of the molecule is CS[C@H]1OC(c2ccc(C)c(Cc3ccc(C4=CCOCC4)cc3)c2)[C@H](O)[C@@H](O)C1O. The van der Waals surface area contributed by atoms with Crippen LogP contribution in [-0.2, 0) is 15.9 Å². The maximum Gasteiger partial charge on any atom is 0.132 e. The molecule has 2 aliphatic rings. The summed E-state index contributed by atoms with van der Waals surface area (Å²) in [7, 11) is 0. The third kappa shape index (κ3) is 4.90. The van der Waals surface area contributed by atoms with Crippen LogP contribution in [-0.4, -0.2) is 58.5 Å². The van der Waals surface area contributed by atoms with Crippen LogP contribution in [0.15, 0.2) is 48.5 Å². The number of hydrogen-bond acceptors (Lipinski definition) is 6. The second kappa shape index (κ2) is 9.86. The fourth-order valence-corrected chi connectivity index (χ4v) is 4.89. The lowest BCUT2D eigenvalue weighted by atomic mass is 9.90. The zero-order valence-electron chi connectivity index (χ0n) is 17.9. The quantitative estimate of drug-likeness (QED) is 0.660. The standard InChI is InChI=1S/C25H30O5S/c1-15-3-6-19(24-22(27)21(26)23(28)25(30-24)31-2)14-20(15)13-16-4-7-17(8-5-16)18-9-11-29-12-10-18/h3-9,14,21-28H,10-13H2,1-2H3/t21-,22-,23?,24?,25-/m1/s1. The Kier molecular flexibility index (Phi) is 7.16. The smallest absolute Gasteiger partial charge is 0.132 e. The molecule has 4 rings (SSSR count). The molecule has 0 aromatic heterocycles. The largest absolute Gasteiger partial charge is 0.387 e. The first-order chi connectivity index (χ1) is 15.0. The van der Waals surface area contributed by atoms with E-state index in [9.17, 15) is 15.3 Å². The van der Waals surface area contributed by atoms with Gasteiger partial charge in [-0.1, -0.05) is 48.5 Å². The van der Waals surface area contributed by atoms with Gasteiger partial charge in [0.05, 0.1) is 13.2 Å². The van der Waals surface area contributed by atoms with Crippen molar-refractivity contribution in [1.29, 1.82) is 0 Å². The fraction of sp³-hybridized carbons (Fsp3) is 0.440. The molecule has 2 unspecified atom stereocenters. The van der Waals surface area contributed by atoms with Crippen LogP contribution >= 0.6 is 11.8 Å². The Bertz CT molecular complexity index is 924. The van der Waals surface area contributed by atoms with Gasteiger partial charge < -0.3 is 24.8 Å². The van der Waals surface area contributed by atoms with Crippen LogP contribution in [0.2, 0.25) is 0 Å². The van der Waals surface area contributed by atoms with E-state index < -0.39 is 29.9 Å². The van der Waals surface area contributed by atoms with E-state index in [1.54, 1.807) is 0 Å². The molecule has 5 nitrogen and oxygen atoms in total. The van der Waals surface area contributed by atoms with E-state index in [-0.39, 0.29) is 0 Å². The maximum absolute atomic E-state index is 10.5. The first-order valence-corrected chi connectivity index (χ1v) is 11.9. The molecule has 0 saturated carbocycles. The van der Waals surface area contributed by atoms with Crippen molar-refractivity contribution in [3.05, 3.63) is 76.4 Å². The Morgan fingerprint density at radius 1 is 1.00 bits per heavy atom. The first kappa shape index (κ1) is 22.5. The summed E-state index contributed by atoms with van der Waals surface area (Å²) in [4.78, 5) is 0. The zero-order valence-corrected chi connectivity index (χ0v) is 18.7. The van der Waals surface area contributed by atoms with Gasteiger partial charge in [0.25, 0.3) is 0 Å². The molecule has 1 saturated heterocycles. The van der Waals surface area contributed by atoms with Gasteiger partial charge in [-0.3, -0.25) is 0 Å². The molecule has 0 radical (unpaired) electrons. The van der Waals surface area contributed by atoms with Gasteiger partial charge in [0.2, 0.25) is 0 Å². The Morgan fingerprint density at radius 2 is 1.77 bits per heavy atom. The van der Waals surface area contributed by atoms with E-state index in [0.29, 0.717) is 6.61 Å². The van der Waals surface area contributed by atoms with Crippen molar-refractivity contribution in [2.75, 3.05) is 19.5 Å². The normalized spacial score (nSPS) is 28.9. The molecule has 1 fully saturated rings. The lowest BCUT2D eigenvalue weighted by molar-refractivity contribution is -0.200. The summed E-state index contributed by atoms with van der Waals surface area (Å²) in [5.74, 6) is 0. The Morgan fingerprint density at radius 3 is 2.45 bits per heavy atom. The highest BCUT2D eigenvalue weighted by Crippen LogP contribution is 2.36. The topological polar surface area (TPSA) is 79.2 Å². The molecule has 0 spiro atoms. The number of ether oxygens (including phenoxy) is 2. The molecule has 2 aromatic carbocycles. The van der Waals surface area contributed by atoms with Crippen molar-refractivity contribution in [3.8, 4) is 0 Å². The molecule has 166 valence electrons. The third-order valence-electron chi connectivity index (χ3n) is 6.19. The van der Waals surface area contributed by atoms with Gasteiger partial charge in [0.15, 0.2) is 0 Å². The van der Waals surface area contributed by atoms with E-state index >= 15 is 0 Å². The molecule has 2 heterocycles. The Hall–Kier alpha value is -1.67. The minimum atomic E-state index is -1.24. The molecule has 0 amide bonds. The number of hydrogen-bond donors (Lipinski definition) is 3. The van der Waals surface area contributed by atoms with Crippen LogP contribution in [0.1, 0.15) is 40.3 Å². The van der Waals surface area contributed by atoms with Crippen molar-refractivity contribution in [3.63, 3.8) is 0 Å². The summed E-state index contributed by atoms with van der Waals surface area (Å²) in [5, 5.41) is 30.9. The Labute approximate surface area is 187 Å². The van der Waals surface area contributed by atoms with E-state index in [2.05, 4.69) is 37.3 Å². The van der Waals surface area contributed by atoms with Crippen molar-refractivity contribution in [2.45, 2.75) is 49.6 Å².